The molecule has 2 aromatic carbocycles. The van der Waals surface area contributed by atoms with Gasteiger partial charge in [0.1, 0.15) is 35.3 Å². The van der Waals surface area contributed by atoms with Gasteiger partial charge in [-0.3, -0.25) is 4.79 Å². The highest BCUT2D eigenvalue weighted by atomic mass is 16.6. The van der Waals surface area contributed by atoms with Crippen LogP contribution in [-0.2, 0) is 14.3 Å². The highest BCUT2D eigenvalue weighted by molar-refractivity contribution is 5.91. The molecule has 10 heteroatoms. The van der Waals surface area contributed by atoms with E-state index in [1.165, 1.54) is 4.90 Å². The Morgan fingerprint density at radius 2 is 1.71 bits per heavy atom. The fraction of sp³-hybridized carbons (Fsp3) is 0.438. The maximum Gasteiger partial charge on any atom is 0.408 e. The van der Waals surface area contributed by atoms with E-state index in [-0.39, 0.29) is 13.0 Å². The summed E-state index contributed by atoms with van der Waals surface area (Å²) in [6.07, 6.45) is -1.29. The molecule has 10 nitrogen and oxygen atoms in total. The fourth-order valence-corrected chi connectivity index (χ4v) is 4.94. The van der Waals surface area contributed by atoms with Crippen molar-refractivity contribution < 1.29 is 33.7 Å². The number of hydrogen-bond donors (Lipinski definition) is 2. The Hall–Kier alpha value is -4.34. The zero-order valence-corrected chi connectivity index (χ0v) is 25.1. The first-order chi connectivity index (χ1) is 19.7. The molecule has 2 amide bonds. The largest absolute Gasteiger partial charge is 0.497 e. The van der Waals surface area contributed by atoms with E-state index < -0.39 is 47.2 Å². The van der Waals surface area contributed by atoms with Crippen LogP contribution in [0.15, 0.2) is 54.6 Å². The minimum Gasteiger partial charge on any atom is -0.497 e. The molecule has 0 unspecified atom stereocenters. The zero-order chi connectivity index (χ0) is 30.8. The third-order valence-corrected chi connectivity index (χ3v) is 6.95. The van der Waals surface area contributed by atoms with E-state index in [9.17, 15) is 19.5 Å². The number of amides is 2. The van der Waals surface area contributed by atoms with Gasteiger partial charge in [0.25, 0.3) is 0 Å². The van der Waals surface area contributed by atoms with Gasteiger partial charge in [0.15, 0.2) is 0 Å². The molecule has 0 radical (unpaired) electrons. The van der Waals surface area contributed by atoms with Crippen molar-refractivity contribution >= 4 is 28.9 Å². The second kappa shape index (κ2) is 11.9. The standard InChI is InChI=1S/C32H39N3O7/c1-31(2,3)27(34-30(39)42-32(4,5)6)28(36)35-18-21(16-25(35)29(37)38)41-26-17-23(19-11-9-8-10-12-19)33-24-15-20(40-7)13-14-22(24)26/h8-15,17,21,25,27H,16,18H2,1-7H3,(H,34,39)(H,37,38)/t21-,25+,27-/m1/s1. The Labute approximate surface area is 246 Å². The van der Waals surface area contributed by atoms with Crippen molar-refractivity contribution in [3.8, 4) is 22.8 Å². The molecule has 224 valence electrons. The minimum absolute atomic E-state index is 0.0268. The van der Waals surface area contributed by atoms with E-state index in [1.807, 2.05) is 48.5 Å². The van der Waals surface area contributed by atoms with Crippen LogP contribution in [0, 0.1) is 5.41 Å². The number of carboxylic acid groups (broad SMARTS) is 1. The number of hydrogen-bond acceptors (Lipinski definition) is 7. The summed E-state index contributed by atoms with van der Waals surface area (Å²) in [5.74, 6) is -0.500. The number of aromatic nitrogens is 1. The summed E-state index contributed by atoms with van der Waals surface area (Å²) in [7, 11) is 1.58. The van der Waals surface area contributed by atoms with Gasteiger partial charge in [-0.05, 0) is 38.3 Å². The number of ether oxygens (including phenoxy) is 3. The molecule has 1 aliphatic rings. The number of pyridine rings is 1. The number of likely N-dealkylation sites (tertiary alicyclic amines) is 1. The van der Waals surface area contributed by atoms with Crippen LogP contribution in [-0.4, -0.2) is 70.4 Å². The number of nitrogens with zero attached hydrogens (tertiary/aromatic N) is 2. The number of nitrogens with one attached hydrogen (secondary N) is 1. The van der Waals surface area contributed by atoms with Crippen molar-refractivity contribution in [3.05, 3.63) is 54.6 Å². The SMILES string of the molecule is COc1ccc2c(O[C@@H]3C[C@@H](C(=O)O)N(C(=O)[C@@H](NC(=O)OC(C)(C)C)C(C)(C)C)C3)cc(-c3ccccc3)nc2c1. The molecule has 2 N–H and O–H groups in total. The van der Waals surface area contributed by atoms with Gasteiger partial charge in [-0.15, -0.1) is 0 Å². The molecule has 42 heavy (non-hydrogen) atoms. The number of methoxy groups -OCH3 is 1. The van der Waals surface area contributed by atoms with Gasteiger partial charge in [0.05, 0.1) is 24.9 Å². The number of rotatable bonds is 7. The molecule has 1 aromatic heterocycles. The molecule has 4 rings (SSSR count). The summed E-state index contributed by atoms with van der Waals surface area (Å²) < 4.78 is 17.2. The minimum atomic E-state index is -1.14. The van der Waals surface area contributed by atoms with Crippen molar-refractivity contribution in [1.82, 2.24) is 15.2 Å². The van der Waals surface area contributed by atoms with E-state index >= 15 is 0 Å². The number of carbonyl (C=O) groups is 3. The number of carbonyl (C=O) groups excluding carboxylic acids is 2. The van der Waals surface area contributed by atoms with E-state index in [4.69, 9.17) is 19.2 Å². The first kappa shape index (κ1) is 30.6. The summed E-state index contributed by atoms with van der Waals surface area (Å²) in [5.41, 5.74) is 0.741. The number of fused-ring (bicyclic) bond motifs is 1. The van der Waals surface area contributed by atoms with E-state index in [0.29, 0.717) is 22.7 Å². The molecule has 2 heterocycles. The summed E-state index contributed by atoms with van der Waals surface area (Å²) in [5, 5.41) is 13.5. The van der Waals surface area contributed by atoms with E-state index in [2.05, 4.69) is 5.32 Å². The molecule has 1 fully saturated rings. The van der Waals surface area contributed by atoms with Crippen molar-refractivity contribution in [3.63, 3.8) is 0 Å². The normalized spacial score (nSPS) is 17.9. The van der Waals surface area contributed by atoms with Crippen LogP contribution in [0.1, 0.15) is 48.0 Å². The summed E-state index contributed by atoms with van der Waals surface area (Å²) >= 11 is 0. The Balaban J connectivity index is 1.65. The average Bonchev–Trinajstić information content (AvgIpc) is 3.34. The fourth-order valence-electron chi connectivity index (χ4n) is 4.94. The molecule has 0 spiro atoms. The maximum absolute atomic E-state index is 13.8. The molecule has 0 saturated carbocycles. The molecule has 3 aromatic rings. The lowest BCUT2D eigenvalue weighted by Gasteiger charge is -2.35. The topological polar surface area (TPSA) is 127 Å². The van der Waals surface area contributed by atoms with Crippen LogP contribution in [0.25, 0.3) is 22.2 Å². The third kappa shape index (κ3) is 7.10. The quantitative estimate of drug-likeness (QED) is 0.388. The Morgan fingerprint density at radius 1 is 1.02 bits per heavy atom. The zero-order valence-electron chi connectivity index (χ0n) is 25.1. The van der Waals surface area contributed by atoms with Gasteiger partial charge < -0.3 is 29.5 Å². The van der Waals surface area contributed by atoms with Crippen LogP contribution < -0.4 is 14.8 Å². The molecule has 1 aliphatic heterocycles. The molecule has 1 saturated heterocycles. The van der Waals surface area contributed by atoms with Crippen molar-refractivity contribution in [2.45, 2.75) is 71.8 Å². The maximum atomic E-state index is 13.8. The molecular formula is C32H39N3O7. The summed E-state index contributed by atoms with van der Waals surface area (Å²) in [6.45, 7) is 10.6. The number of benzene rings is 2. The Kier molecular flexibility index (Phi) is 8.65. The summed E-state index contributed by atoms with van der Waals surface area (Å²) in [4.78, 5) is 44.9. The smallest absolute Gasteiger partial charge is 0.408 e. The molecular weight excluding hydrogens is 538 g/mol. The van der Waals surface area contributed by atoms with Gasteiger partial charge in [-0.25, -0.2) is 14.6 Å². The first-order valence-electron chi connectivity index (χ1n) is 13.9. The van der Waals surface area contributed by atoms with Gasteiger partial charge in [0.2, 0.25) is 5.91 Å². The van der Waals surface area contributed by atoms with Crippen molar-refractivity contribution in [2.24, 2.45) is 5.41 Å². The first-order valence-corrected chi connectivity index (χ1v) is 13.9. The highest BCUT2D eigenvalue weighted by Gasteiger charge is 2.46. The van der Waals surface area contributed by atoms with E-state index in [1.54, 1.807) is 54.7 Å². The molecule has 3 atom stereocenters. The third-order valence-electron chi connectivity index (χ3n) is 6.95. The highest BCUT2D eigenvalue weighted by Crippen LogP contribution is 2.35. The number of aliphatic carboxylic acids is 1. The van der Waals surface area contributed by atoms with Gasteiger partial charge in [-0.2, -0.15) is 0 Å². The van der Waals surface area contributed by atoms with E-state index in [0.717, 1.165) is 10.9 Å². The predicted molar refractivity (Wildman–Crippen MR) is 159 cm³/mol. The monoisotopic (exact) mass is 577 g/mol. The van der Waals surface area contributed by atoms with Gasteiger partial charge in [-0.1, -0.05) is 51.1 Å². The second-order valence-electron chi connectivity index (χ2n) is 12.5. The molecule has 0 bridgehead atoms. The van der Waals surface area contributed by atoms with Crippen molar-refractivity contribution in [2.75, 3.05) is 13.7 Å². The lowest BCUT2D eigenvalue weighted by Crippen LogP contribution is -2.57. The van der Waals surface area contributed by atoms with Gasteiger partial charge in [0, 0.05) is 29.5 Å². The van der Waals surface area contributed by atoms with Crippen LogP contribution in [0.5, 0.6) is 11.5 Å². The Morgan fingerprint density at radius 3 is 2.31 bits per heavy atom. The average molecular weight is 578 g/mol. The van der Waals surface area contributed by atoms with Gasteiger partial charge >= 0.3 is 12.1 Å². The molecule has 0 aliphatic carbocycles. The number of carboxylic acids is 1. The van der Waals surface area contributed by atoms with Crippen LogP contribution in [0.3, 0.4) is 0 Å². The summed E-state index contributed by atoms with van der Waals surface area (Å²) in [6, 6.07) is 14.8. The lowest BCUT2D eigenvalue weighted by molar-refractivity contribution is -0.150. The second-order valence-corrected chi connectivity index (χ2v) is 12.5. The van der Waals surface area contributed by atoms with Crippen LogP contribution in [0.2, 0.25) is 0 Å². The predicted octanol–water partition coefficient (Wildman–Crippen LogP) is 5.28. The van der Waals surface area contributed by atoms with Crippen LogP contribution >= 0.6 is 0 Å². The van der Waals surface area contributed by atoms with Crippen LogP contribution in [0.4, 0.5) is 4.79 Å². The lowest BCUT2D eigenvalue weighted by atomic mass is 9.85. The number of alkyl carbamates (subject to hydrolysis) is 1. The van der Waals surface area contributed by atoms with Crippen molar-refractivity contribution in [1.29, 1.82) is 0 Å². The Bertz CT molecular complexity index is 1460.